The number of sulfonamides is 1. The van der Waals surface area contributed by atoms with Gasteiger partial charge in [0.15, 0.2) is 10.9 Å². The van der Waals surface area contributed by atoms with Crippen LogP contribution in [0.1, 0.15) is 63.0 Å². The maximum atomic E-state index is 12.8. The molecule has 1 unspecified atom stereocenters. The second-order valence-corrected chi connectivity index (χ2v) is 8.30. The quantitative estimate of drug-likeness (QED) is 0.882. The third-order valence-electron chi connectivity index (χ3n) is 4.27. The zero-order chi connectivity index (χ0) is 17.3. The summed E-state index contributed by atoms with van der Waals surface area (Å²) in [4.78, 5) is 11.4. The molecule has 2 aromatic heterocycles. The molecule has 1 atom stereocenters. The zero-order valence-electron chi connectivity index (χ0n) is 14.2. The number of rotatable bonds is 5. The Morgan fingerprint density at radius 1 is 1.46 bits per heavy atom. The van der Waals surface area contributed by atoms with Crippen molar-refractivity contribution in [1.82, 2.24) is 24.4 Å². The molecule has 1 saturated heterocycles. The van der Waals surface area contributed by atoms with E-state index in [2.05, 4.69) is 20.1 Å². The van der Waals surface area contributed by atoms with E-state index in [0.29, 0.717) is 37.0 Å². The van der Waals surface area contributed by atoms with Crippen molar-refractivity contribution >= 4 is 10.0 Å². The third-order valence-corrected chi connectivity index (χ3v) is 6.04. The van der Waals surface area contributed by atoms with E-state index in [0.717, 1.165) is 12.8 Å². The number of H-pyrrole nitrogens is 1. The summed E-state index contributed by atoms with van der Waals surface area (Å²) in [5, 5.41) is 4.13. The number of imidazole rings is 1. The summed E-state index contributed by atoms with van der Waals surface area (Å²) in [6.07, 6.45) is 3.66. The van der Waals surface area contributed by atoms with Crippen molar-refractivity contribution in [3.63, 3.8) is 0 Å². The van der Waals surface area contributed by atoms with Gasteiger partial charge in [-0.15, -0.1) is 0 Å². The predicted octanol–water partition coefficient (Wildman–Crippen LogP) is 2.05. The summed E-state index contributed by atoms with van der Waals surface area (Å²) < 4.78 is 32.4. The molecule has 2 aromatic rings. The van der Waals surface area contributed by atoms with E-state index in [1.165, 1.54) is 10.5 Å². The molecular formula is C15H23N5O3S. The molecule has 0 spiro atoms. The zero-order valence-corrected chi connectivity index (χ0v) is 15.0. The van der Waals surface area contributed by atoms with Crippen LogP contribution in [0.5, 0.6) is 0 Å². The molecule has 0 amide bonds. The minimum Gasteiger partial charge on any atom is -0.339 e. The number of nitrogens with one attached hydrogen (secondary N) is 1. The normalized spacial score (nSPS) is 19.9. The number of aromatic amines is 1. The summed E-state index contributed by atoms with van der Waals surface area (Å²) in [5.74, 6) is 1.97. The minimum atomic E-state index is -3.58. The lowest BCUT2D eigenvalue weighted by Gasteiger charge is -2.29. The van der Waals surface area contributed by atoms with Crippen molar-refractivity contribution in [2.45, 2.75) is 56.9 Å². The maximum absolute atomic E-state index is 12.8. The topological polar surface area (TPSA) is 105 Å². The molecule has 0 bridgehead atoms. The molecular weight excluding hydrogens is 330 g/mol. The number of nitrogens with zero attached hydrogens (tertiary/aromatic N) is 4. The second-order valence-electron chi connectivity index (χ2n) is 6.40. The predicted molar refractivity (Wildman–Crippen MR) is 87.1 cm³/mol. The second kappa shape index (κ2) is 6.64. The van der Waals surface area contributed by atoms with Gasteiger partial charge in [0.05, 0.1) is 12.1 Å². The Hall–Kier alpha value is -1.74. The van der Waals surface area contributed by atoms with Crippen molar-refractivity contribution in [1.29, 1.82) is 0 Å². The van der Waals surface area contributed by atoms with Crippen LogP contribution in [0, 0.1) is 0 Å². The van der Waals surface area contributed by atoms with E-state index >= 15 is 0 Å². The van der Waals surface area contributed by atoms with Crippen molar-refractivity contribution in [3.05, 3.63) is 23.7 Å². The van der Waals surface area contributed by atoms with E-state index in [4.69, 9.17) is 4.52 Å². The molecule has 24 heavy (non-hydrogen) atoms. The van der Waals surface area contributed by atoms with E-state index in [1.807, 2.05) is 20.8 Å². The Bertz CT molecular complexity index is 796. The van der Waals surface area contributed by atoms with Crippen LogP contribution >= 0.6 is 0 Å². The lowest BCUT2D eigenvalue weighted by molar-refractivity contribution is 0.264. The Balaban J connectivity index is 1.79. The van der Waals surface area contributed by atoms with Crippen molar-refractivity contribution < 1.29 is 12.9 Å². The molecule has 9 heteroatoms. The van der Waals surface area contributed by atoms with Gasteiger partial charge in [-0.25, -0.2) is 13.4 Å². The molecule has 3 heterocycles. The van der Waals surface area contributed by atoms with Crippen LogP contribution < -0.4 is 0 Å². The third kappa shape index (κ3) is 3.23. The van der Waals surface area contributed by atoms with Crippen LogP contribution in [0.25, 0.3) is 0 Å². The van der Waals surface area contributed by atoms with Crippen molar-refractivity contribution in [2.24, 2.45) is 0 Å². The van der Waals surface area contributed by atoms with Crippen LogP contribution in [-0.4, -0.2) is 45.9 Å². The molecule has 1 aliphatic heterocycles. The molecule has 1 aliphatic rings. The summed E-state index contributed by atoms with van der Waals surface area (Å²) in [6.45, 7) is 6.76. The number of aromatic nitrogens is 4. The largest absolute Gasteiger partial charge is 0.339 e. The first-order valence-electron chi connectivity index (χ1n) is 8.29. The Morgan fingerprint density at radius 2 is 2.25 bits per heavy atom. The van der Waals surface area contributed by atoms with Gasteiger partial charge in [0.1, 0.15) is 5.82 Å². The number of hydrogen-bond donors (Lipinski definition) is 1. The highest BCUT2D eigenvalue weighted by molar-refractivity contribution is 7.89. The van der Waals surface area contributed by atoms with Crippen LogP contribution in [-0.2, 0) is 16.4 Å². The standard InChI is InChI=1S/C15H23N5O3S/c1-4-12-16-8-13(17-12)24(21,22)20-7-5-6-11(9-20)15-18-14(10(2)3)19-23-15/h8,10-11H,4-7,9H2,1-3H3,(H,16,17). The molecule has 0 saturated carbocycles. The summed E-state index contributed by atoms with van der Waals surface area (Å²) in [5.41, 5.74) is 0. The molecule has 3 rings (SSSR count). The average molecular weight is 353 g/mol. The van der Waals surface area contributed by atoms with Gasteiger partial charge in [0, 0.05) is 25.4 Å². The first-order valence-corrected chi connectivity index (χ1v) is 9.73. The highest BCUT2D eigenvalue weighted by Gasteiger charge is 2.34. The van der Waals surface area contributed by atoms with E-state index < -0.39 is 10.0 Å². The minimum absolute atomic E-state index is 0.0675. The lowest BCUT2D eigenvalue weighted by atomic mass is 10.00. The fourth-order valence-corrected chi connectivity index (χ4v) is 4.26. The number of hydrogen-bond acceptors (Lipinski definition) is 6. The van der Waals surface area contributed by atoms with Gasteiger partial charge in [-0.05, 0) is 12.8 Å². The molecule has 0 aromatic carbocycles. The fraction of sp³-hybridized carbons (Fsp3) is 0.667. The SMILES string of the molecule is CCc1ncc(S(=O)(=O)N2CCCC(c3nc(C(C)C)no3)C2)[nH]1. The van der Waals surface area contributed by atoms with Gasteiger partial charge >= 0.3 is 0 Å². The van der Waals surface area contributed by atoms with Crippen LogP contribution in [0.3, 0.4) is 0 Å². The van der Waals surface area contributed by atoms with Gasteiger partial charge in [0.2, 0.25) is 5.89 Å². The fourth-order valence-electron chi connectivity index (χ4n) is 2.80. The highest BCUT2D eigenvalue weighted by atomic mass is 32.2. The average Bonchev–Trinajstić information content (AvgIpc) is 3.24. The Kier molecular flexibility index (Phi) is 4.73. The summed E-state index contributed by atoms with van der Waals surface area (Å²) in [7, 11) is -3.58. The molecule has 8 nitrogen and oxygen atoms in total. The maximum Gasteiger partial charge on any atom is 0.260 e. The monoisotopic (exact) mass is 353 g/mol. The van der Waals surface area contributed by atoms with Crippen molar-refractivity contribution in [3.8, 4) is 0 Å². The van der Waals surface area contributed by atoms with Crippen LogP contribution in [0.4, 0.5) is 0 Å². The summed E-state index contributed by atoms with van der Waals surface area (Å²) in [6, 6.07) is 0. The number of piperidine rings is 1. The van der Waals surface area contributed by atoms with E-state index in [9.17, 15) is 8.42 Å². The van der Waals surface area contributed by atoms with E-state index in [-0.39, 0.29) is 16.9 Å². The van der Waals surface area contributed by atoms with Gasteiger partial charge in [0.25, 0.3) is 10.0 Å². The van der Waals surface area contributed by atoms with E-state index in [1.54, 1.807) is 0 Å². The van der Waals surface area contributed by atoms with Gasteiger partial charge < -0.3 is 9.51 Å². The Labute approximate surface area is 141 Å². The molecule has 132 valence electrons. The van der Waals surface area contributed by atoms with Crippen LogP contribution in [0.15, 0.2) is 15.7 Å². The van der Waals surface area contributed by atoms with Gasteiger partial charge in [-0.3, -0.25) is 0 Å². The highest BCUT2D eigenvalue weighted by Crippen LogP contribution is 2.29. The summed E-state index contributed by atoms with van der Waals surface area (Å²) >= 11 is 0. The number of aryl methyl sites for hydroxylation is 1. The van der Waals surface area contributed by atoms with Gasteiger partial charge in [-0.1, -0.05) is 25.9 Å². The van der Waals surface area contributed by atoms with Crippen molar-refractivity contribution in [2.75, 3.05) is 13.1 Å². The first kappa shape index (κ1) is 17.1. The molecule has 1 N–H and O–H groups in total. The smallest absolute Gasteiger partial charge is 0.260 e. The van der Waals surface area contributed by atoms with Crippen LogP contribution in [0.2, 0.25) is 0 Å². The van der Waals surface area contributed by atoms with Gasteiger partial charge in [-0.2, -0.15) is 9.29 Å². The first-order chi connectivity index (χ1) is 11.4. The molecule has 0 radical (unpaired) electrons. The molecule has 1 fully saturated rings. The molecule has 0 aliphatic carbocycles. The Morgan fingerprint density at radius 3 is 2.88 bits per heavy atom. The lowest BCUT2D eigenvalue weighted by Crippen LogP contribution is -2.39.